The number of rotatable bonds is 4. The van der Waals surface area contributed by atoms with Crippen LogP contribution in [0.25, 0.3) is 0 Å². The number of nitrogens with one attached hydrogen (secondary N) is 1. The normalized spacial score (nSPS) is 17.0. The first-order chi connectivity index (χ1) is 12.0. The standard InChI is InChI=1S/C21H24N2O2/c1-4-16-9-5-6-10-18(16)22-21(25)17-12-20(24)23(13-17)19-11-7-8-14(2)15(19)3/h5-11,17H,4,12-13H2,1-3H3,(H,22,25)/t17-/m1/s1. The number of hydrogen-bond donors (Lipinski definition) is 1. The Kier molecular flexibility index (Phi) is 4.88. The summed E-state index contributed by atoms with van der Waals surface area (Å²) in [6, 6.07) is 13.7. The Bertz CT molecular complexity index is 813. The predicted octanol–water partition coefficient (Wildman–Crippen LogP) is 3.86. The molecule has 1 aliphatic heterocycles. The lowest BCUT2D eigenvalue weighted by Crippen LogP contribution is -2.28. The highest BCUT2D eigenvalue weighted by molar-refractivity contribution is 6.04. The second kappa shape index (κ2) is 7.09. The van der Waals surface area contributed by atoms with Gasteiger partial charge < -0.3 is 10.2 Å². The van der Waals surface area contributed by atoms with Gasteiger partial charge in [-0.25, -0.2) is 0 Å². The van der Waals surface area contributed by atoms with Crippen LogP contribution in [-0.2, 0) is 16.0 Å². The van der Waals surface area contributed by atoms with E-state index in [2.05, 4.69) is 12.2 Å². The van der Waals surface area contributed by atoms with Gasteiger partial charge in [-0.1, -0.05) is 37.3 Å². The molecule has 0 aromatic heterocycles. The third-order valence-corrected chi connectivity index (χ3v) is 5.02. The Morgan fingerprint density at radius 3 is 2.68 bits per heavy atom. The molecule has 4 nitrogen and oxygen atoms in total. The van der Waals surface area contributed by atoms with Crippen molar-refractivity contribution < 1.29 is 9.59 Å². The first-order valence-corrected chi connectivity index (χ1v) is 8.76. The summed E-state index contributed by atoms with van der Waals surface area (Å²) < 4.78 is 0. The van der Waals surface area contributed by atoms with Crippen LogP contribution in [0.4, 0.5) is 11.4 Å². The van der Waals surface area contributed by atoms with Gasteiger partial charge in [0.1, 0.15) is 0 Å². The van der Waals surface area contributed by atoms with Crippen LogP contribution < -0.4 is 10.2 Å². The van der Waals surface area contributed by atoms with Crippen molar-refractivity contribution in [3.8, 4) is 0 Å². The molecule has 1 fully saturated rings. The van der Waals surface area contributed by atoms with E-state index in [1.807, 2.05) is 56.3 Å². The molecule has 0 unspecified atom stereocenters. The lowest BCUT2D eigenvalue weighted by atomic mass is 10.1. The minimum Gasteiger partial charge on any atom is -0.326 e. The lowest BCUT2D eigenvalue weighted by molar-refractivity contribution is -0.122. The van der Waals surface area contributed by atoms with Crippen molar-refractivity contribution in [3.05, 3.63) is 59.2 Å². The number of carbonyl (C=O) groups excluding carboxylic acids is 2. The summed E-state index contributed by atoms with van der Waals surface area (Å²) >= 11 is 0. The molecule has 1 heterocycles. The van der Waals surface area contributed by atoms with Gasteiger partial charge in [0.2, 0.25) is 11.8 Å². The van der Waals surface area contributed by atoms with Gasteiger partial charge in [-0.2, -0.15) is 0 Å². The van der Waals surface area contributed by atoms with Gasteiger partial charge in [-0.3, -0.25) is 9.59 Å². The van der Waals surface area contributed by atoms with Crippen LogP contribution in [0.1, 0.15) is 30.0 Å². The van der Waals surface area contributed by atoms with E-state index in [9.17, 15) is 9.59 Å². The van der Waals surface area contributed by atoms with Crippen LogP contribution in [0.15, 0.2) is 42.5 Å². The molecule has 2 aromatic rings. The zero-order valence-corrected chi connectivity index (χ0v) is 15.0. The van der Waals surface area contributed by atoms with Crippen molar-refractivity contribution in [2.24, 2.45) is 5.92 Å². The Labute approximate surface area is 148 Å². The van der Waals surface area contributed by atoms with Gasteiger partial charge >= 0.3 is 0 Å². The largest absolute Gasteiger partial charge is 0.326 e. The number of hydrogen-bond acceptors (Lipinski definition) is 2. The molecule has 1 atom stereocenters. The number of carbonyl (C=O) groups is 2. The van der Waals surface area contributed by atoms with E-state index >= 15 is 0 Å². The van der Waals surface area contributed by atoms with Crippen LogP contribution in [0.3, 0.4) is 0 Å². The summed E-state index contributed by atoms with van der Waals surface area (Å²) in [7, 11) is 0. The van der Waals surface area contributed by atoms with E-state index in [-0.39, 0.29) is 24.2 Å². The quantitative estimate of drug-likeness (QED) is 0.922. The average Bonchev–Trinajstić information content (AvgIpc) is 2.99. The molecule has 4 heteroatoms. The van der Waals surface area contributed by atoms with E-state index < -0.39 is 0 Å². The fourth-order valence-corrected chi connectivity index (χ4v) is 3.33. The lowest BCUT2D eigenvalue weighted by Gasteiger charge is -2.20. The average molecular weight is 336 g/mol. The maximum Gasteiger partial charge on any atom is 0.229 e. The first kappa shape index (κ1) is 17.2. The molecular weight excluding hydrogens is 312 g/mol. The van der Waals surface area contributed by atoms with Crippen LogP contribution in [0.2, 0.25) is 0 Å². The highest BCUT2D eigenvalue weighted by atomic mass is 16.2. The highest BCUT2D eigenvalue weighted by Gasteiger charge is 2.35. The highest BCUT2D eigenvalue weighted by Crippen LogP contribution is 2.30. The van der Waals surface area contributed by atoms with Gasteiger partial charge in [0.25, 0.3) is 0 Å². The molecule has 0 spiro atoms. The molecule has 130 valence electrons. The van der Waals surface area contributed by atoms with Crippen molar-refractivity contribution >= 4 is 23.2 Å². The van der Waals surface area contributed by atoms with Gasteiger partial charge in [-0.05, 0) is 49.1 Å². The van der Waals surface area contributed by atoms with E-state index in [0.717, 1.165) is 34.5 Å². The molecule has 2 amide bonds. The Hall–Kier alpha value is -2.62. The molecule has 3 rings (SSSR count). The number of anilines is 2. The Balaban J connectivity index is 1.76. The van der Waals surface area contributed by atoms with E-state index in [1.54, 1.807) is 4.90 Å². The molecule has 1 aliphatic rings. The SMILES string of the molecule is CCc1ccccc1NC(=O)[C@@H]1CC(=O)N(c2cccc(C)c2C)C1. The molecule has 0 aliphatic carbocycles. The molecule has 25 heavy (non-hydrogen) atoms. The van der Waals surface area contributed by atoms with Crippen molar-refractivity contribution in [2.75, 3.05) is 16.8 Å². The molecule has 2 aromatic carbocycles. The fourth-order valence-electron chi connectivity index (χ4n) is 3.33. The molecule has 0 radical (unpaired) electrons. The molecular formula is C21H24N2O2. The smallest absolute Gasteiger partial charge is 0.229 e. The summed E-state index contributed by atoms with van der Waals surface area (Å²) in [6.45, 7) is 6.55. The topological polar surface area (TPSA) is 49.4 Å². The number of amides is 2. The van der Waals surface area contributed by atoms with Crippen molar-refractivity contribution in [1.29, 1.82) is 0 Å². The summed E-state index contributed by atoms with van der Waals surface area (Å²) in [5, 5.41) is 3.00. The van der Waals surface area contributed by atoms with Crippen LogP contribution >= 0.6 is 0 Å². The minimum absolute atomic E-state index is 0.0117. The monoisotopic (exact) mass is 336 g/mol. The van der Waals surface area contributed by atoms with Gasteiger partial charge in [0, 0.05) is 24.3 Å². The second-order valence-corrected chi connectivity index (χ2v) is 6.62. The summed E-state index contributed by atoms with van der Waals surface area (Å²) in [5.41, 5.74) is 5.09. The maximum absolute atomic E-state index is 12.7. The van der Waals surface area contributed by atoms with E-state index in [4.69, 9.17) is 0 Å². The van der Waals surface area contributed by atoms with E-state index in [1.165, 1.54) is 0 Å². The van der Waals surface area contributed by atoms with Crippen molar-refractivity contribution in [3.63, 3.8) is 0 Å². The van der Waals surface area contributed by atoms with Gasteiger partial charge in [0.15, 0.2) is 0 Å². The Morgan fingerprint density at radius 2 is 1.92 bits per heavy atom. The van der Waals surface area contributed by atoms with E-state index in [0.29, 0.717) is 6.54 Å². The Morgan fingerprint density at radius 1 is 1.16 bits per heavy atom. The zero-order valence-electron chi connectivity index (χ0n) is 15.0. The molecule has 1 N–H and O–H groups in total. The third kappa shape index (κ3) is 3.43. The van der Waals surface area contributed by atoms with Crippen molar-refractivity contribution in [1.82, 2.24) is 0 Å². The van der Waals surface area contributed by atoms with Crippen molar-refractivity contribution in [2.45, 2.75) is 33.6 Å². The molecule has 0 saturated carbocycles. The first-order valence-electron chi connectivity index (χ1n) is 8.76. The number of para-hydroxylation sites is 1. The number of aryl methyl sites for hydroxylation is 2. The third-order valence-electron chi connectivity index (χ3n) is 5.02. The predicted molar refractivity (Wildman–Crippen MR) is 101 cm³/mol. The summed E-state index contributed by atoms with van der Waals surface area (Å²) in [4.78, 5) is 26.9. The van der Waals surface area contributed by atoms with Crippen LogP contribution in [-0.4, -0.2) is 18.4 Å². The summed E-state index contributed by atoms with van der Waals surface area (Å²) in [6.07, 6.45) is 1.11. The van der Waals surface area contributed by atoms with Crippen LogP contribution in [0.5, 0.6) is 0 Å². The maximum atomic E-state index is 12.7. The minimum atomic E-state index is -0.322. The molecule has 1 saturated heterocycles. The van der Waals surface area contributed by atoms with Gasteiger partial charge in [0.05, 0.1) is 5.92 Å². The number of nitrogens with zero attached hydrogens (tertiary/aromatic N) is 1. The summed E-state index contributed by atoms with van der Waals surface area (Å²) in [5.74, 6) is -0.392. The fraction of sp³-hybridized carbons (Fsp3) is 0.333. The zero-order chi connectivity index (χ0) is 18.0. The number of benzene rings is 2. The second-order valence-electron chi connectivity index (χ2n) is 6.62. The van der Waals surface area contributed by atoms with Gasteiger partial charge in [-0.15, -0.1) is 0 Å². The van der Waals surface area contributed by atoms with Crippen LogP contribution in [0, 0.1) is 19.8 Å². The molecule has 0 bridgehead atoms.